The third kappa shape index (κ3) is 7.05. The van der Waals surface area contributed by atoms with Crippen LogP contribution in [0, 0.1) is 0 Å². The van der Waals surface area contributed by atoms with Crippen LogP contribution in [0.25, 0.3) is 61.7 Å². The highest BCUT2D eigenvalue weighted by molar-refractivity contribution is 6.74. The summed E-state index contributed by atoms with van der Waals surface area (Å²) in [5.74, 6) is 2.91. The molecule has 0 spiro atoms. The average Bonchev–Trinajstić information content (AvgIpc) is 3.45. The Morgan fingerprint density at radius 3 is 1.38 bits per heavy atom. The Kier molecular flexibility index (Phi) is 8.97. The lowest BCUT2D eigenvalue weighted by Gasteiger charge is -2.36. The van der Waals surface area contributed by atoms with E-state index < -0.39 is 8.32 Å². The first kappa shape index (κ1) is 36.3. The summed E-state index contributed by atoms with van der Waals surface area (Å²) in [7, 11) is -2.07. The van der Waals surface area contributed by atoms with Crippen molar-refractivity contribution in [3.8, 4) is 45.6 Å². The van der Waals surface area contributed by atoms with Crippen LogP contribution in [0.2, 0.25) is 18.1 Å². The lowest BCUT2D eigenvalue weighted by molar-refractivity contribution is 0.497. The molecule has 0 N–H and O–H groups in total. The molecule has 0 aliphatic carbocycles. The van der Waals surface area contributed by atoms with Gasteiger partial charge in [0.25, 0.3) is 8.32 Å². The first-order valence-electron chi connectivity index (χ1n) is 18.7. The maximum absolute atomic E-state index is 6.96. The predicted octanol–water partition coefficient (Wildman–Crippen LogP) is 12.9. The van der Waals surface area contributed by atoms with E-state index >= 15 is 0 Å². The summed E-state index contributed by atoms with van der Waals surface area (Å²) in [4.78, 5) is 15.2. The minimum absolute atomic E-state index is 0.0558. The normalized spacial score (nSPS) is 12.8. The Labute approximate surface area is 316 Å². The standard InChI is InChI=1S/C47H52N4OSi/c1-45(2,3)34-25-19-31(20-26-34)42-48-43(32-21-27-35(28-22-32)46(4,5)6)50-44(49-42)33-23-29-36(30-24-33)51-38-16-13-12-15-37(38)41-39(51)17-14-18-40(41)52-53(10,11)47(7,8)9/h12-30H,1-11H3. The molecule has 0 aliphatic heterocycles. The van der Waals surface area contributed by atoms with Crippen molar-refractivity contribution in [2.45, 2.75) is 91.3 Å². The van der Waals surface area contributed by atoms with E-state index in [0.29, 0.717) is 17.5 Å². The molecular weight excluding hydrogens is 665 g/mol. The van der Waals surface area contributed by atoms with Crippen molar-refractivity contribution >= 4 is 30.1 Å². The van der Waals surface area contributed by atoms with Gasteiger partial charge in [-0.3, -0.25) is 0 Å². The van der Waals surface area contributed by atoms with Crippen LogP contribution in [-0.4, -0.2) is 27.8 Å². The second-order valence-electron chi connectivity index (χ2n) is 17.9. The Bertz CT molecular complexity index is 2350. The lowest BCUT2D eigenvalue weighted by Crippen LogP contribution is -2.43. The molecule has 53 heavy (non-hydrogen) atoms. The van der Waals surface area contributed by atoms with Gasteiger partial charge in [0.15, 0.2) is 17.5 Å². The molecule has 0 unspecified atom stereocenters. The van der Waals surface area contributed by atoms with Crippen LogP contribution >= 0.6 is 0 Å². The second-order valence-corrected chi connectivity index (χ2v) is 22.6. The Balaban J connectivity index is 1.33. The van der Waals surface area contributed by atoms with Crippen molar-refractivity contribution in [1.82, 2.24) is 19.5 Å². The highest BCUT2D eigenvalue weighted by Gasteiger charge is 2.39. The SMILES string of the molecule is CC(C)(C)c1ccc(-c2nc(-c3ccc(-n4c5ccccc5c5c(O[Si](C)(C)C(C)(C)C)cccc54)cc3)nc(-c3ccc(C(C)(C)C)cc3)n2)cc1. The summed E-state index contributed by atoms with van der Waals surface area (Å²) in [6, 6.07) is 40.9. The zero-order valence-corrected chi connectivity index (χ0v) is 34.2. The van der Waals surface area contributed by atoms with Crippen molar-refractivity contribution in [3.63, 3.8) is 0 Å². The molecule has 5 nitrogen and oxygen atoms in total. The van der Waals surface area contributed by atoms with E-state index in [4.69, 9.17) is 19.4 Å². The first-order valence-corrected chi connectivity index (χ1v) is 21.6. The highest BCUT2D eigenvalue weighted by atomic mass is 28.4. The van der Waals surface area contributed by atoms with Gasteiger partial charge >= 0.3 is 0 Å². The first-order chi connectivity index (χ1) is 24.9. The number of rotatable bonds is 6. The van der Waals surface area contributed by atoms with Gasteiger partial charge in [0.05, 0.1) is 11.0 Å². The Morgan fingerprint density at radius 2 is 0.925 bits per heavy atom. The molecule has 6 heteroatoms. The molecule has 270 valence electrons. The summed E-state index contributed by atoms with van der Waals surface area (Å²) in [6.45, 7) is 24.9. The molecule has 0 saturated heterocycles. The summed E-state index contributed by atoms with van der Waals surface area (Å²) < 4.78 is 9.30. The molecule has 0 radical (unpaired) electrons. The van der Waals surface area contributed by atoms with Crippen LogP contribution in [0.4, 0.5) is 0 Å². The summed E-state index contributed by atoms with van der Waals surface area (Å²) >= 11 is 0. The quantitative estimate of drug-likeness (QED) is 0.161. The van der Waals surface area contributed by atoms with Crippen molar-refractivity contribution in [3.05, 3.63) is 126 Å². The van der Waals surface area contributed by atoms with E-state index in [1.807, 2.05) is 0 Å². The number of nitrogens with zero attached hydrogens (tertiary/aromatic N) is 4. The second kappa shape index (κ2) is 13.1. The van der Waals surface area contributed by atoms with Gasteiger partial charge in [0.1, 0.15) is 5.75 Å². The molecule has 2 aromatic heterocycles. The number of hydrogen-bond acceptors (Lipinski definition) is 4. The summed E-state index contributed by atoms with van der Waals surface area (Å²) in [6.07, 6.45) is 0. The van der Waals surface area contributed by atoms with E-state index in [9.17, 15) is 0 Å². The smallest absolute Gasteiger partial charge is 0.250 e. The number of benzene rings is 5. The fourth-order valence-corrected chi connectivity index (χ4v) is 7.57. The van der Waals surface area contributed by atoms with E-state index in [2.05, 4.69) is 195 Å². The van der Waals surface area contributed by atoms with Crippen molar-refractivity contribution in [1.29, 1.82) is 0 Å². The fourth-order valence-electron chi connectivity index (χ4n) is 6.54. The molecule has 0 atom stereocenters. The van der Waals surface area contributed by atoms with Gasteiger partial charge in [-0.05, 0) is 82.6 Å². The van der Waals surface area contributed by atoms with Crippen molar-refractivity contribution in [2.75, 3.05) is 0 Å². The average molecular weight is 717 g/mol. The van der Waals surface area contributed by atoms with Crippen LogP contribution in [0.15, 0.2) is 115 Å². The van der Waals surface area contributed by atoms with Gasteiger partial charge in [0, 0.05) is 33.2 Å². The fraction of sp³-hybridized carbons (Fsp3) is 0.298. The van der Waals surface area contributed by atoms with E-state index in [-0.39, 0.29) is 15.9 Å². The number of hydrogen-bond donors (Lipinski definition) is 0. The number of aromatic nitrogens is 4. The van der Waals surface area contributed by atoms with Gasteiger partial charge in [-0.25, -0.2) is 15.0 Å². The minimum atomic E-state index is -2.07. The maximum Gasteiger partial charge on any atom is 0.250 e. The van der Waals surface area contributed by atoms with Gasteiger partial charge in [-0.15, -0.1) is 0 Å². The zero-order chi connectivity index (χ0) is 37.9. The number of fused-ring (bicyclic) bond motifs is 3. The van der Waals surface area contributed by atoms with E-state index in [1.54, 1.807) is 0 Å². The van der Waals surface area contributed by atoms with E-state index in [0.717, 1.165) is 44.5 Å². The van der Waals surface area contributed by atoms with Crippen molar-refractivity contribution in [2.24, 2.45) is 0 Å². The zero-order valence-electron chi connectivity index (χ0n) is 33.2. The van der Waals surface area contributed by atoms with Crippen LogP contribution in [-0.2, 0) is 10.8 Å². The third-order valence-electron chi connectivity index (χ3n) is 10.9. The predicted molar refractivity (Wildman–Crippen MR) is 226 cm³/mol. The molecule has 0 aliphatic rings. The topological polar surface area (TPSA) is 52.8 Å². The molecule has 5 aromatic carbocycles. The summed E-state index contributed by atoms with van der Waals surface area (Å²) in [5.41, 5.74) is 8.84. The Morgan fingerprint density at radius 1 is 0.491 bits per heavy atom. The van der Waals surface area contributed by atoms with Gasteiger partial charge < -0.3 is 8.99 Å². The molecular formula is C47H52N4OSi. The highest BCUT2D eigenvalue weighted by Crippen LogP contribution is 2.43. The molecule has 0 amide bonds. The summed E-state index contributed by atoms with van der Waals surface area (Å²) in [5, 5.41) is 2.42. The third-order valence-corrected chi connectivity index (χ3v) is 15.2. The van der Waals surface area contributed by atoms with Crippen LogP contribution in [0.3, 0.4) is 0 Å². The Hall–Kier alpha value is -5.07. The van der Waals surface area contributed by atoms with Gasteiger partial charge in [0.2, 0.25) is 0 Å². The van der Waals surface area contributed by atoms with Gasteiger partial charge in [-0.1, -0.05) is 135 Å². The molecule has 7 rings (SSSR count). The maximum atomic E-state index is 6.96. The van der Waals surface area contributed by atoms with Crippen LogP contribution in [0.1, 0.15) is 73.4 Å². The van der Waals surface area contributed by atoms with E-state index in [1.165, 1.54) is 16.5 Å². The molecule has 7 aromatic rings. The monoisotopic (exact) mass is 716 g/mol. The van der Waals surface area contributed by atoms with Crippen LogP contribution < -0.4 is 4.43 Å². The largest absolute Gasteiger partial charge is 0.543 e. The molecule has 0 bridgehead atoms. The number of para-hydroxylation sites is 1. The lowest BCUT2D eigenvalue weighted by atomic mass is 9.86. The molecule has 0 fully saturated rings. The van der Waals surface area contributed by atoms with Gasteiger partial charge in [-0.2, -0.15) is 0 Å². The van der Waals surface area contributed by atoms with Crippen LogP contribution in [0.5, 0.6) is 5.75 Å². The molecule has 2 heterocycles. The minimum Gasteiger partial charge on any atom is -0.543 e. The molecule has 0 saturated carbocycles. The van der Waals surface area contributed by atoms with Crippen molar-refractivity contribution < 1.29 is 4.43 Å².